The molecule has 3 aliphatic heterocycles. The average molecular weight is 498 g/mol. The molecule has 2 fully saturated rings. The van der Waals surface area contributed by atoms with Crippen LogP contribution in [0, 0.1) is 5.41 Å². The number of hydrogen-bond acceptors (Lipinski definition) is 6. The van der Waals surface area contributed by atoms with Gasteiger partial charge in [-0.1, -0.05) is 0 Å². The maximum Gasteiger partial charge on any atom is 0.257 e. The molecule has 35 heavy (non-hydrogen) atoms. The predicted molar refractivity (Wildman–Crippen MR) is 137 cm³/mol. The number of carbonyl (C=O) groups excluding carboxylic acids is 1. The van der Waals surface area contributed by atoms with Gasteiger partial charge >= 0.3 is 0 Å². The highest BCUT2D eigenvalue weighted by molar-refractivity contribution is 7.80. The standard InChI is InChI=1S/C26H31N3O5S/c1-31-19-4-6-21(32-2)20(16-19)24(30)28-10-7-26(8-11-28)9-12-29(17-26)25(35)27-18-3-5-22-23(15-18)34-14-13-33-22/h3-6,15-16H,7-14,17H2,1-2H3,(H,27,35). The summed E-state index contributed by atoms with van der Waals surface area (Å²) in [6, 6.07) is 11.1. The van der Waals surface area contributed by atoms with Crippen LogP contribution in [0.25, 0.3) is 0 Å². The molecule has 2 saturated heterocycles. The number of benzene rings is 2. The minimum absolute atomic E-state index is 0.0127. The number of rotatable bonds is 4. The fraction of sp³-hybridized carbons (Fsp3) is 0.462. The first-order chi connectivity index (χ1) is 17.0. The molecular formula is C26H31N3O5S. The van der Waals surface area contributed by atoms with E-state index in [2.05, 4.69) is 10.2 Å². The third-order valence-electron chi connectivity index (χ3n) is 7.27. The van der Waals surface area contributed by atoms with Gasteiger partial charge in [-0.2, -0.15) is 0 Å². The van der Waals surface area contributed by atoms with E-state index in [0.29, 0.717) is 30.3 Å². The topological polar surface area (TPSA) is 72.5 Å². The number of likely N-dealkylation sites (tertiary alicyclic amines) is 2. The number of fused-ring (bicyclic) bond motifs is 1. The molecular weight excluding hydrogens is 466 g/mol. The van der Waals surface area contributed by atoms with Gasteiger partial charge in [0.25, 0.3) is 5.91 Å². The molecule has 1 amide bonds. The van der Waals surface area contributed by atoms with Crippen molar-refractivity contribution in [3.8, 4) is 23.0 Å². The lowest BCUT2D eigenvalue weighted by atomic mass is 9.77. The number of carbonyl (C=O) groups is 1. The molecule has 186 valence electrons. The molecule has 0 bridgehead atoms. The molecule has 2 aromatic rings. The van der Waals surface area contributed by atoms with Crippen LogP contribution in [0.15, 0.2) is 36.4 Å². The monoisotopic (exact) mass is 497 g/mol. The first kappa shape index (κ1) is 23.5. The maximum absolute atomic E-state index is 13.3. The van der Waals surface area contributed by atoms with Crippen LogP contribution in [0.5, 0.6) is 23.0 Å². The van der Waals surface area contributed by atoms with E-state index < -0.39 is 0 Å². The summed E-state index contributed by atoms with van der Waals surface area (Å²) in [6.07, 6.45) is 2.97. The second kappa shape index (κ2) is 9.81. The maximum atomic E-state index is 13.3. The van der Waals surface area contributed by atoms with Crippen molar-refractivity contribution in [3.63, 3.8) is 0 Å². The number of anilines is 1. The summed E-state index contributed by atoms with van der Waals surface area (Å²) in [6.45, 7) is 4.37. The Balaban J connectivity index is 1.18. The van der Waals surface area contributed by atoms with Gasteiger partial charge in [0, 0.05) is 37.9 Å². The van der Waals surface area contributed by atoms with E-state index in [-0.39, 0.29) is 11.3 Å². The number of thiocarbonyl (C=S) groups is 1. The number of methoxy groups -OCH3 is 2. The van der Waals surface area contributed by atoms with E-state index in [1.165, 1.54) is 0 Å². The second-order valence-corrected chi connectivity index (χ2v) is 9.71. The molecule has 1 spiro atoms. The van der Waals surface area contributed by atoms with Crippen molar-refractivity contribution >= 4 is 28.9 Å². The molecule has 0 saturated carbocycles. The highest BCUT2D eigenvalue weighted by Gasteiger charge is 2.42. The summed E-state index contributed by atoms with van der Waals surface area (Å²) >= 11 is 5.74. The van der Waals surface area contributed by atoms with Gasteiger partial charge in [-0.05, 0) is 67.2 Å². The lowest BCUT2D eigenvalue weighted by Crippen LogP contribution is -2.45. The molecule has 3 aliphatic rings. The zero-order valence-corrected chi connectivity index (χ0v) is 21.0. The van der Waals surface area contributed by atoms with Gasteiger partial charge in [0.1, 0.15) is 24.7 Å². The molecule has 0 aliphatic carbocycles. The van der Waals surface area contributed by atoms with Crippen molar-refractivity contribution in [2.45, 2.75) is 19.3 Å². The Morgan fingerprint density at radius 3 is 2.37 bits per heavy atom. The molecule has 1 N–H and O–H groups in total. The smallest absolute Gasteiger partial charge is 0.257 e. The predicted octanol–water partition coefficient (Wildman–Crippen LogP) is 3.80. The summed E-state index contributed by atoms with van der Waals surface area (Å²) in [5, 5.41) is 4.08. The Hall–Kier alpha value is -3.20. The minimum atomic E-state index is -0.0127. The Labute approximate surface area is 211 Å². The van der Waals surface area contributed by atoms with E-state index in [1.54, 1.807) is 32.4 Å². The third kappa shape index (κ3) is 4.82. The number of amides is 1. The number of ether oxygens (including phenoxy) is 4. The molecule has 9 heteroatoms. The lowest BCUT2D eigenvalue weighted by molar-refractivity contribution is 0.0595. The number of nitrogens with zero attached hydrogens (tertiary/aromatic N) is 2. The first-order valence-corrected chi connectivity index (χ1v) is 12.4. The largest absolute Gasteiger partial charge is 0.497 e. The Bertz CT molecular complexity index is 1120. The summed E-state index contributed by atoms with van der Waals surface area (Å²) in [5.74, 6) is 2.71. The minimum Gasteiger partial charge on any atom is -0.497 e. The van der Waals surface area contributed by atoms with Crippen molar-refractivity contribution in [2.75, 3.05) is 58.9 Å². The first-order valence-electron chi connectivity index (χ1n) is 12.0. The van der Waals surface area contributed by atoms with Crippen LogP contribution >= 0.6 is 12.2 Å². The van der Waals surface area contributed by atoms with Gasteiger partial charge in [0.15, 0.2) is 16.6 Å². The van der Waals surface area contributed by atoms with E-state index >= 15 is 0 Å². The summed E-state index contributed by atoms with van der Waals surface area (Å²) < 4.78 is 22.0. The third-order valence-corrected chi connectivity index (χ3v) is 7.63. The van der Waals surface area contributed by atoms with Crippen LogP contribution in [0.3, 0.4) is 0 Å². The highest BCUT2D eigenvalue weighted by atomic mass is 32.1. The highest BCUT2D eigenvalue weighted by Crippen LogP contribution is 2.41. The number of nitrogens with one attached hydrogen (secondary N) is 1. The zero-order valence-electron chi connectivity index (χ0n) is 20.2. The van der Waals surface area contributed by atoms with Crippen molar-refractivity contribution in [1.29, 1.82) is 0 Å². The van der Waals surface area contributed by atoms with Gasteiger partial charge in [-0.3, -0.25) is 4.79 Å². The second-order valence-electron chi connectivity index (χ2n) is 9.32. The van der Waals surface area contributed by atoms with Crippen LogP contribution in [0.4, 0.5) is 5.69 Å². The fourth-order valence-corrected chi connectivity index (χ4v) is 5.45. The SMILES string of the molecule is COc1ccc(OC)c(C(=O)N2CCC3(CC2)CCN(C(=S)Nc2ccc4c(c2)OCCO4)C3)c1. The van der Waals surface area contributed by atoms with Crippen LogP contribution in [-0.4, -0.2) is 74.4 Å². The molecule has 0 radical (unpaired) electrons. The van der Waals surface area contributed by atoms with E-state index in [9.17, 15) is 4.79 Å². The van der Waals surface area contributed by atoms with Crippen LogP contribution in [0.1, 0.15) is 29.6 Å². The molecule has 8 nitrogen and oxygen atoms in total. The molecule has 5 rings (SSSR count). The molecule has 2 aromatic carbocycles. The molecule has 3 heterocycles. The summed E-state index contributed by atoms with van der Waals surface area (Å²) in [4.78, 5) is 17.4. The van der Waals surface area contributed by atoms with E-state index in [0.717, 1.165) is 67.7 Å². The lowest BCUT2D eigenvalue weighted by Gasteiger charge is -2.39. The van der Waals surface area contributed by atoms with Crippen LogP contribution in [-0.2, 0) is 0 Å². The molecule has 0 atom stereocenters. The number of hydrogen-bond donors (Lipinski definition) is 1. The van der Waals surface area contributed by atoms with Crippen LogP contribution in [0.2, 0.25) is 0 Å². The van der Waals surface area contributed by atoms with E-state index in [4.69, 9.17) is 31.2 Å². The van der Waals surface area contributed by atoms with Crippen LogP contribution < -0.4 is 24.3 Å². The summed E-state index contributed by atoms with van der Waals surface area (Å²) in [7, 11) is 3.18. The average Bonchev–Trinajstić information content (AvgIpc) is 3.31. The molecule has 0 unspecified atom stereocenters. The zero-order chi connectivity index (χ0) is 24.4. The fourth-order valence-electron chi connectivity index (χ4n) is 5.18. The van der Waals surface area contributed by atoms with Crippen molar-refractivity contribution in [3.05, 3.63) is 42.0 Å². The molecule has 0 aromatic heterocycles. The Kier molecular flexibility index (Phi) is 6.60. The van der Waals surface area contributed by atoms with Gasteiger partial charge in [-0.25, -0.2) is 0 Å². The quantitative estimate of drug-likeness (QED) is 0.640. The van der Waals surface area contributed by atoms with Gasteiger partial charge < -0.3 is 34.1 Å². The van der Waals surface area contributed by atoms with Gasteiger partial charge in [0.2, 0.25) is 0 Å². The van der Waals surface area contributed by atoms with Crippen molar-refractivity contribution in [1.82, 2.24) is 9.80 Å². The van der Waals surface area contributed by atoms with Crippen molar-refractivity contribution < 1.29 is 23.7 Å². The van der Waals surface area contributed by atoms with Gasteiger partial charge in [0.05, 0.1) is 19.8 Å². The Morgan fingerprint density at radius 1 is 0.943 bits per heavy atom. The normalized spacial score (nSPS) is 18.3. The Morgan fingerprint density at radius 2 is 1.66 bits per heavy atom. The number of piperidine rings is 1. The van der Waals surface area contributed by atoms with E-state index in [1.807, 2.05) is 23.1 Å². The summed E-state index contributed by atoms with van der Waals surface area (Å²) in [5.41, 5.74) is 1.61. The van der Waals surface area contributed by atoms with Gasteiger partial charge in [-0.15, -0.1) is 0 Å². The van der Waals surface area contributed by atoms with Crippen molar-refractivity contribution in [2.24, 2.45) is 5.41 Å².